The highest BCUT2D eigenvalue weighted by Gasteiger charge is 2.23. The van der Waals surface area contributed by atoms with Gasteiger partial charge in [0.1, 0.15) is 5.69 Å². The summed E-state index contributed by atoms with van der Waals surface area (Å²) in [5.74, 6) is 0.894. The van der Waals surface area contributed by atoms with Crippen molar-refractivity contribution >= 4 is 0 Å². The molecule has 0 aliphatic rings. The van der Waals surface area contributed by atoms with Crippen molar-refractivity contribution < 1.29 is 4.52 Å². The number of aromatic nitrogens is 3. The van der Waals surface area contributed by atoms with Crippen LogP contribution in [0.2, 0.25) is 0 Å². The third kappa shape index (κ3) is 2.34. The Labute approximate surface area is 100 Å². The monoisotopic (exact) mass is 232 g/mol. The van der Waals surface area contributed by atoms with Gasteiger partial charge in [-0.15, -0.1) is 0 Å². The van der Waals surface area contributed by atoms with Crippen molar-refractivity contribution in [1.29, 1.82) is 0 Å². The van der Waals surface area contributed by atoms with Crippen molar-refractivity contribution in [2.45, 2.75) is 33.2 Å². The fraction of sp³-hybridized carbons (Fsp3) is 0.417. The summed E-state index contributed by atoms with van der Waals surface area (Å²) in [6.07, 6.45) is 1.78. The quantitative estimate of drug-likeness (QED) is 0.856. The predicted octanol–water partition coefficient (Wildman–Crippen LogP) is 1.94. The van der Waals surface area contributed by atoms with Crippen LogP contribution in [0.5, 0.6) is 0 Å². The first-order valence-electron chi connectivity index (χ1n) is 5.44. The molecule has 90 valence electrons. The van der Waals surface area contributed by atoms with Gasteiger partial charge < -0.3 is 10.3 Å². The average molecular weight is 232 g/mol. The van der Waals surface area contributed by atoms with Gasteiger partial charge in [0.25, 0.3) is 0 Å². The van der Waals surface area contributed by atoms with E-state index in [0.717, 1.165) is 16.8 Å². The summed E-state index contributed by atoms with van der Waals surface area (Å²) >= 11 is 0. The van der Waals surface area contributed by atoms with Gasteiger partial charge in [-0.3, -0.25) is 4.98 Å². The maximum atomic E-state index is 5.89. The molecule has 0 aromatic carbocycles. The molecule has 0 radical (unpaired) electrons. The molecule has 0 atom stereocenters. The van der Waals surface area contributed by atoms with Crippen LogP contribution in [-0.4, -0.2) is 15.1 Å². The van der Waals surface area contributed by atoms with Gasteiger partial charge in [-0.25, -0.2) is 0 Å². The van der Waals surface area contributed by atoms with Crippen LogP contribution in [0.4, 0.5) is 0 Å². The highest BCUT2D eigenvalue weighted by molar-refractivity contribution is 5.54. The number of pyridine rings is 1. The van der Waals surface area contributed by atoms with Gasteiger partial charge in [0.15, 0.2) is 0 Å². The standard InChI is InChI=1S/C12H16N4O/c1-7-5-8(2)9(14-6-7)10-15-11(17-16-10)12(3,4)13/h5-6H,13H2,1-4H3. The molecule has 17 heavy (non-hydrogen) atoms. The Morgan fingerprint density at radius 1 is 1.29 bits per heavy atom. The molecule has 2 heterocycles. The molecule has 0 saturated carbocycles. The summed E-state index contributed by atoms with van der Waals surface area (Å²) in [5, 5.41) is 3.91. The van der Waals surface area contributed by atoms with Crippen LogP contribution < -0.4 is 5.73 Å². The summed E-state index contributed by atoms with van der Waals surface area (Å²) < 4.78 is 5.14. The van der Waals surface area contributed by atoms with Gasteiger partial charge in [-0.2, -0.15) is 4.98 Å². The van der Waals surface area contributed by atoms with Crippen molar-refractivity contribution in [2.24, 2.45) is 5.73 Å². The molecule has 0 bridgehead atoms. The molecule has 0 spiro atoms. The first kappa shape index (κ1) is 11.7. The zero-order chi connectivity index (χ0) is 12.6. The lowest BCUT2D eigenvalue weighted by Crippen LogP contribution is -2.29. The third-order valence-electron chi connectivity index (χ3n) is 2.40. The first-order chi connectivity index (χ1) is 7.88. The smallest absolute Gasteiger partial charge is 0.246 e. The Kier molecular flexibility index (Phi) is 2.71. The Hall–Kier alpha value is -1.75. The Balaban J connectivity index is 2.44. The summed E-state index contributed by atoms with van der Waals surface area (Å²) in [4.78, 5) is 8.59. The van der Waals surface area contributed by atoms with E-state index >= 15 is 0 Å². The van der Waals surface area contributed by atoms with E-state index in [9.17, 15) is 0 Å². The Morgan fingerprint density at radius 2 is 2.00 bits per heavy atom. The molecule has 0 unspecified atom stereocenters. The van der Waals surface area contributed by atoms with E-state index in [1.165, 1.54) is 0 Å². The van der Waals surface area contributed by atoms with Gasteiger partial charge >= 0.3 is 0 Å². The predicted molar refractivity (Wildman–Crippen MR) is 64.2 cm³/mol. The molecule has 0 saturated heterocycles. The van der Waals surface area contributed by atoms with Crippen LogP contribution in [0.15, 0.2) is 16.8 Å². The van der Waals surface area contributed by atoms with Gasteiger partial charge in [0.2, 0.25) is 11.7 Å². The van der Waals surface area contributed by atoms with E-state index < -0.39 is 5.54 Å². The fourth-order valence-electron chi connectivity index (χ4n) is 1.53. The van der Waals surface area contributed by atoms with Crippen LogP contribution in [0.25, 0.3) is 11.5 Å². The fourth-order valence-corrected chi connectivity index (χ4v) is 1.53. The van der Waals surface area contributed by atoms with Crippen LogP contribution in [0.3, 0.4) is 0 Å². The second-order valence-electron chi connectivity index (χ2n) is 4.82. The number of aryl methyl sites for hydroxylation is 2. The molecular weight excluding hydrogens is 216 g/mol. The van der Waals surface area contributed by atoms with Crippen LogP contribution >= 0.6 is 0 Å². The van der Waals surface area contributed by atoms with Gasteiger partial charge in [-0.1, -0.05) is 11.2 Å². The van der Waals surface area contributed by atoms with Crippen molar-refractivity contribution in [1.82, 2.24) is 15.1 Å². The van der Waals surface area contributed by atoms with E-state index in [0.29, 0.717) is 11.7 Å². The molecule has 2 aromatic rings. The molecule has 2 N–H and O–H groups in total. The number of rotatable bonds is 2. The lowest BCUT2D eigenvalue weighted by Gasteiger charge is -2.10. The highest BCUT2D eigenvalue weighted by Crippen LogP contribution is 2.21. The SMILES string of the molecule is Cc1cnc(-c2noc(C(C)(C)N)n2)c(C)c1. The Bertz CT molecular complexity index is 540. The number of hydrogen-bond donors (Lipinski definition) is 1. The van der Waals surface area contributed by atoms with Gasteiger partial charge in [0.05, 0.1) is 5.54 Å². The van der Waals surface area contributed by atoms with E-state index in [4.69, 9.17) is 10.3 Å². The molecule has 0 aliphatic carbocycles. The normalized spacial score (nSPS) is 11.8. The summed E-state index contributed by atoms with van der Waals surface area (Å²) in [7, 11) is 0. The molecule has 0 fully saturated rings. The Morgan fingerprint density at radius 3 is 2.53 bits per heavy atom. The average Bonchev–Trinajstić information content (AvgIpc) is 2.65. The van der Waals surface area contributed by atoms with Gasteiger partial charge in [-0.05, 0) is 38.8 Å². The van der Waals surface area contributed by atoms with Crippen molar-refractivity contribution in [2.75, 3.05) is 0 Å². The highest BCUT2D eigenvalue weighted by atomic mass is 16.5. The lowest BCUT2D eigenvalue weighted by molar-refractivity contribution is 0.312. The molecule has 0 aliphatic heterocycles. The molecule has 0 amide bonds. The maximum absolute atomic E-state index is 5.89. The number of nitrogens with two attached hydrogens (primary N) is 1. The van der Waals surface area contributed by atoms with Crippen LogP contribution in [0.1, 0.15) is 30.9 Å². The topological polar surface area (TPSA) is 77.8 Å². The summed E-state index contributed by atoms with van der Waals surface area (Å²) in [6, 6.07) is 2.03. The summed E-state index contributed by atoms with van der Waals surface area (Å²) in [5.41, 5.74) is 8.12. The van der Waals surface area contributed by atoms with Crippen LogP contribution in [0, 0.1) is 13.8 Å². The third-order valence-corrected chi connectivity index (χ3v) is 2.40. The number of nitrogens with zero attached hydrogens (tertiary/aromatic N) is 3. The molecule has 2 aromatic heterocycles. The zero-order valence-electron chi connectivity index (χ0n) is 10.5. The second kappa shape index (κ2) is 3.92. The lowest BCUT2D eigenvalue weighted by atomic mass is 10.1. The minimum absolute atomic E-state index is 0.411. The van der Waals surface area contributed by atoms with E-state index in [-0.39, 0.29) is 0 Å². The van der Waals surface area contributed by atoms with Crippen LogP contribution in [-0.2, 0) is 5.54 Å². The van der Waals surface area contributed by atoms with E-state index in [2.05, 4.69) is 15.1 Å². The van der Waals surface area contributed by atoms with E-state index in [1.54, 1.807) is 6.20 Å². The summed E-state index contributed by atoms with van der Waals surface area (Å²) in [6.45, 7) is 7.60. The van der Waals surface area contributed by atoms with Crippen molar-refractivity contribution in [3.05, 3.63) is 29.3 Å². The largest absolute Gasteiger partial charge is 0.337 e. The van der Waals surface area contributed by atoms with Gasteiger partial charge in [0, 0.05) is 6.20 Å². The van der Waals surface area contributed by atoms with Crippen molar-refractivity contribution in [3.8, 4) is 11.5 Å². The number of hydrogen-bond acceptors (Lipinski definition) is 5. The van der Waals surface area contributed by atoms with Crippen molar-refractivity contribution in [3.63, 3.8) is 0 Å². The first-order valence-corrected chi connectivity index (χ1v) is 5.44. The minimum Gasteiger partial charge on any atom is -0.337 e. The molecule has 5 nitrogen and oxygen atoms in total. The maximum Gasteiger partial charge on any atom is 0.246 e. The second-order valence-corrected chi connectivity index (χ2v) is 4.82. The van der Waals surface area contributed by atoms with E-state index in [1.807, 2.05) is 33.8 Å². The molecule has 5 heteroatoms. The molecular formula is C12H16N4O. The zero-order valence-corrected chi connectivity index (χ0v) is 10.5. The molecule has 2 rings (SSSR count). The minimum atomic E-state index is -0.635.